The average Bonchev–Trinajstić information content (AvgIpc) is 2.37. The van der Waals surface area contributed by atoms with Gasteiger partial charge >= 0.3 is 0 Å². The predicted molar refractivity (Wildman–Crippen MR) is 79.8 cm³/mol. The highest BCUT2D eigenvalue weighted by Crippen LogP contribution is 2.24. The zero-order chi connectivity index (χ0) is 13.0. The Labute approximate surface area is 110 Å². The monoisotopic (exact) mass is 239 g/mol. The van der Waals surface area contributed by atoms with Crippen LogP contribution in [0, 0.1) is 0 Å². The lowest BCUT2D eigenvalue weighted by molar-refractivity contribution is 0.549. The standard InChI is InChI=1S/C17H21N/c1-4-18-17(11-13(2)3)16-10-9-14-7-5-6-8-15(14)12-16/h5-10,12,17-18H,2,4,11H2,1,3H3. The van der Waals surface area contributed by atoms with Gasteiger partial charge < -0.3 is 5.32 Å². The van der Waals surface area contributed by atoms with Gasteiger partial charge in [0.05, 0.1) is 0 Å². The van der Waals surface area contributed by atoms with Crippen LogP contribution in [-0.2, 0) is 0 Å². The van der Waals surface area contributed by atoms with Crippen LogP contribution in [0.4, 0.5) is 0 Å². The SMILES string of the molecule is C=C(C)CC(NCC)c1ccc2ccccc2c1. The quantitative estimate of drug-likeness (QED) is 0.760. The molecule has 1 unspecified atom stereocenters. The second-order valence-electron chi connectivity index (χ2n) is 4.88. The van der Waals surface area contributed by atoms with Crippen LogP contribution in [0.3, 0.4) is 0 Å². The first-order valence-electron chi connectivity index (χ1n) is 6.57. The largest absolute Gasteiger partial charge is 0.310 e. The fraction of sp³-hybridized carbons (Fsp3) is 0.294. The number of hydrogen-bond acceptors (Lipinski definition) is 1. The van der Waals surface area contributed by atoms with Crippen LogP contribution in [0.15, 0.2) is 54.6 Å². The highest BCUT2D eigenvalue weighted by atomic mass is 14.9. The van der Waals surface area contributed by atoms with Gasteiger partial charge in [0.2, 0.25) is 0 Å². The average molecular weight is 239 g/mol. The van der Waals surface area contributed by atoms with E-state index < -0.39 is 0 Å². The van der Waals surface area contributed by atoms with Gasteiger partial charge in [-0.25, -0.2) is 0 Å². The van der Waals surface area contributed by atoms with Crippen LogP contribution in [0.5, 0.6) is 0 Å². The van der Waals surface area contributed by atoms with E-state index in [4.69, 9.17) is 0 Å². The van der Waals surface area contributed by atoms with Crippen molar-refractivity contribution in [2.24, 2.45) is 0 Å². The molecule has 0 aliphatic rings. The van der Waals surface area contributed by atoms with Crippen molar-refractivity contribution < 1.29 is 0 Å². The molecule has 0 fully saturated rings. The van der Waals surface area contributed by atoms with Gasteiger partial charge in [-0.05, 0) is 42.3 Å². The van der Waals surface area contributed by atoms with Crippen LogP contribution < -0.4 is 5.32 Å². The summed E-state index contributed by atoms with van der Waals surface area (Å²) in [6.45, 7) is 9.24. The van der Waals surface area contributed by atoms with Crippen LogP contribution in [0.2, 0.25) is 0 Å². The summed E-state index contributed by atoms with van der Waals surface area (Å²) in [6, 6.07) is 15.6. The van der Waals surface area contributed by atoms with E-state index >= 15 is 0 Å². The third-order valence-corrected chi connectivity index (χ3v) is 3.18. The highest BCUT2D eigenvalue weighted by molar-refractivity contribution is 5.83. The molecule has 94 valence electrons. The fourth-order valence-electron chi connectivity index (χ4n) is 2.33. The van der Waals surface area contributed by atoms with Crippen molar-refractivity contribution in [2.45, 2.75) is 26.3 Å². The maximum atomic E-state index is 4.03. The molecule has 2 aromatic rings. The van der Waals surface area contributed by atoms with E-state index in [1.807, 2.05) is 0 Å². The van der Waals surface area contributed by atoms with E-state index in [2.05, 4.69) is 68.2 Å². The predicted octanol–water partition coefficient (Wildman–Crippen LogP) is 4.46. The zero-order valence-corrected chi connectivity index (χ0v) is 11.2. The summed E-state index contributed by atoms with van der Waals surface area (Å²) in [5.41, 5.74) is 2.56. The molecule has 18 heavy (non-hydrogen) atoms. The molecule has 1 N–H and O–H groups in total. The lowest BCUT2D eigenvalue weighted by Crippen LogP contribution is -2.21. The maximum Gasteiger partial charge on any atom is 0.0357 e. The third-order valence-electron chi connectivity index (χ3n) is 3.18. The van der Waals surface area contributed by atoms with Crippen molar-refractivity contribution >= 4 is 10.8 Å². The van der Waals surface area contributed by atoms with Crippen molar-refractivity contribution in [3.63, 3.8) is 0 Å². The third kappa shape index (κ3) is 2.99. The van der Waals surface area contributed by atoms with E-state index in [0.29, 0.717) is 6.04 Å². The Kier molecular flexibility index (Phi) is 4.16. The summed E-state index contributed by atoms with van der Waals surface area (Å²) >= 11 is 0. The number of fused-ring (bicyclic) bond motifs is 1. The van der Waals surface area contributed by atoms with Crippen molar-refractivity contribution in [2.75, 3.05) is 6.54 Å². The van der Waals surface area contributed by atoms with E-state index in [1.165, 1.54) is 21.9 Å². The summed E-state index contributed by atoms with van der Waals surface area (Å²) in [5, 5.41) is 6.14. The molecule has 0 heterocycles. The Morgan fingerprint density at radius 2 is 1.89 bits per heavy atom. The Morgan fingerprint density at radius 3 is 2.56 bits per heavy atom. The molecule has 1 nitrogen and oxygen atoms in total. The second-order valence-corrected chi connectivity index (χ2v) is 4.88. The maximum absolute atomic E-state index is 4.03. The number of benzene rings is 2. The van der Waals surface area contributed by atoms with Gasteiger partial charge in [-0.1, -0.05) is 48.9 Å². The lowest BCUT2D eigenvalue weighted by Gasteiger charge is -2.19. The molecule has 0 bridgehead atoms. The van der Waals surface area contributed by atoms with Crippen LogP contribution in [0.25, 0.3) is 10.8 Å². The zero-order valence-electron chi connectivity index (χ0n) is 11.2. The van der Waals surface area contributed by atoms with Crippen molar-refractivity contribution in [3.05, 3.63) is 60.2 Å². The molecule has 0 amide bonds. The van der Waals surface area contributed by atoms with Gasteiger partial charge in [0, 0.05) is 6.04 Å². The van der Waals surface area contributed by atoms with Gasteiger partial charge in [-0.3, -0.25) is 0 Å². The van der Waals surface area contributed by atoms with Crippen LogP contribution >= 0.6 is 0 Å². The molecule has 1 heteroatoms. The van der Waals surface area contributed by atoms with Crippen molar-refractivity contribution in [1.82, 2.24) is 5.32 Å². The minimum Gasteiger partial charge on any atom is -0.310 e. The fourth-order valence-corrected chi connectivity index (χ4v) is 2.33. The summed E-state index contributed by atoms with van der Waals surface area (Å²) < 4.78 is 0. The summed E-state index contributed by atoms with van der Waals surface area (Å²) in [4.78, 5) is 0. The first-order valence-corrected chi connectivity index (χ1v) is 6.57. The van der Waals surface area contributed by atoms with Gasteiger partial charge in [0.15, 0.2) is 0 Å². The molecule has 0 aromatic heterocycles. The van der Waals surface area contributed by atoms with Crippen molar-refractivity contribution in [1.29, 1.82) is 0 Å². The molecular formula is C17H21N. The van der Waals surface area contributed by atoms with E-state index in [1.54, 1.807) is 0 Å². The van der Waals surface area contributed by atoms with Crippen molar-refractivity contribution in [3.8, 4) is 0 Å². The topological polar surface area (TPSA) is 12.0 Å². The minimum atomic E-state index is 0.372. The normalized spacial score (nSPS) is 12.6. The first kappa shape index (κ1) is 12.8. The van der Waals surface area contributed by atoms with E-state index in [-0.39, 0.29) is 0 Å². The Balaban J connectivity index is 2.34. The molecule has 0 spiro atoms. The summed E-state index contributed by atoms with van der Waals surface area (Å²) in [7, 11) is 0. The van der Waals surface area contributed by atoms with Gasteiger partial charge in [-0.2, -0.15) is 0 Å². The number of hydrogen-bond donors (Lipinski definition) is 1. The molecule has 0 saturated heterocycles. The molecule has 2 rings (SSSR count). The molecule has 0 saturated carbocycles. The number of rotatable bonds is 5. The van der Waals surface area contributed by atoms with Crippen LogP contribution in [-0.4, -0.2) is 6.54 Å². The highest BCUT2D eigenvalue weighted by Gasteiger charge is 2.10. The summed E-state index contributed by atoms with van der Waals surface area (Å²) in [5.74, 6) is 0. The molecular weight excluding hydrogens is 218 g/mol. The molecule has 2 aromatic carbocycles. The van der Waals surface area contributed by atoms with Gasteiger partial charge in [-0.15, -0.1) is 6.58 Å². The Bertz CT molecular complexity index is 542. The second kappa shape index (κ2) is 5.83. The lowest BCUT2D eigenvalue weighted by atomic mass is 9.97. The Hall–Kier alpha value is -1.60. The van der Waals surface area contributed by atoms with E-state index in [9.17, 15) is 0 Å². The first-order chi connectivity index (χ1) is 8.70. The smallest absolute Gasteiger partial charge is 0.0357 e. The van der Waals surface area contributed by atoms with Gasteiger partial charge in [0.1, 0.15) is 0 Å². The van der Waals surface area contributed by atoms with Gasteiger partial charge in [0.25, 0.3) is 0 Å². The molecule has 0 aliphatic heterocycles. The van der Waals surface area contributed by atoms with E-state index in [0.717, 1.165) is 13.0 Å². The molecule has 1 atom stereocenters. The Morgan fingerprint density at radius 1 is 1.17 bits per heavy atom. The summed E-state index contributed by atoms with van der Waals surface area (Å²) in [6.07, 6.45) is 0.992. The molecule has 0 aliphatic carbocycles. The minimum absolute atomic E-state index is 0.372. The number of nitrogens with one attached hydrogen (secondary N) is 1. The van der Waals surface area contributed by atoms with Crippen LogP contribution in [0.1, 0.15) is 31.9 Å². The molecule has 0 radical (unpaired) electrons.